The maximum atomic E-state index is 13.9. The molecule has 0 unspecified atom stereocenters. The maximum Gasteiger partial charge on any atom is 0.266 e. The lowest BCUT2D eigenvalue weighted by molar-refractivity contribution is 0.0735. The summed E-state index contributed by atoms with van der Waals surface area (Å²) >= 11 is 1.59. The Bertz CT molecular complexity index is 1590. The third kappa shape index (κ3) is 5.10. The number of amides is 1. The molecule has 1 aromatic carbocycles. The number of likely N-dealkylation sites (tertiary alicyclic amines) is 1. The fourth-order valence-electron chi connectivity index (χ4n) is 4.89. The van der Waals surface area contributed by atoms with Gasteiger partial charge in [-0.15, -0.1) is 21.5 Å². The van der Waals surface area contributed by atoms with Crippen LogP contribution in [-0.4, -0.2) is 47.1 Å². The molecule has 198 valence electrons. The molecule has 0 saturated carbocycles. The molecule has 4 aromatic heterocycles. The van der Waals surface area contributed by atoms with Crippen molar-refractivity contribution < 1.29 is 9.21 Å². The van der Waals surface area contributed by atoms with Crippen molar-refractivity contribution in [1.82, 2.24) is 34.6 Å². The van der Waals surface area contributed by atoms with E-state index in [1.54, 1.807) is 46.8 Å². The van der Waals surface area contributed by atoms with Crippen molar-refractivity contribution >= 4 is 17.2 Å². The van der Waals surface area contributed by atoms with Gasteiger partial charge in [0, 0.05) is 35.6 Å². The van der Waals surface area contributed by atoms with Gasteiger partial charge in [-0.1, -0.05) is 30.3 Å². The minimum atomic E-state index is -0.887. The van der Waals surface area contributed by atoms with Gasteiger partial charge < -0.3 is 15.1 Å². The van der Waals surface area contributed by atoms with E-state index in [4.69, 9.17) is 15.1 Å². The summed E-state index contributed by atoms with van der Waals surface area (Å²) in [4.78, 5) is 29.3. The zero-order chi connectivity index (χ0) is 27.0. The summed E-state index contributed by atoms with van der Waals surface area (Å²) in [6, 6.07) is 13.3. The lowest BCUT2D eigenvalue weighted by Crippen LogP contribution is -2.35. The van der Waals surface area contributed by atoms with Crippen LogP contribution in [-0.2, 0) is 12.0 Å². The summed E-state index contributed by atoms with van der Waals surface area (Å²) in [7, 11) is 0. The fraction of sp³-hybridized carbons (Fsp3) is 0.286. The predicted molar refractivity (Wildman–Crippen MR) is 146 cm³/mol. The number of carbonyl (C=O) groups is 1. The second-order valence-electron chi connectivity index (χ2n) is 10.0. The van der Waals surface area contributed by atoms with Crippen LogP contribution in [0.2, 0.25) is 0 Å². The van der Waals surface area contributed by atoms with Crippen molar-refractivity contribution in [2.75, 3.05) is 6.54 Å². The second kappa shape index (κ2) is 10.2. The highest BCUT2D eigenvalue weighted by molar-refractivity contribution is 7.09. The molecule has 1 amide bonds. The fourth-order valence-corrected chi connectivity index (χ4v) is 5.83. The van der Waals surface area contributed by atoms with E-state index in [0.717, 1.165) is 29.1 Å². The van der Waals surface area contributed by atoms with Crippen LogP contribution in [0.4, 0.5) is 0 Å². The zero-order valence-electron chi connectivity index (χ0n) is 21.7. The molecule has 1 saturated heterocycles. The molecular weight excluding hydrogens is 512 g/mol. The molecule has 39 heavy (non-hydrogen) atoms. The molecule has 2 atom stereocenters. The van der Waals surface area contributed by atoms with Crippen molar-refractivity contribution in [1.29, 1.82) is 0 Å². The Morgan fingerprint density at radius 1 is 1.21 bits per heavy atom. The van der Waals surface area contributed by atoms with Gasteiger partial charge in [0.2, 0.25) is 5.89 Å². The molecule has 0 radical (unpaired) electrons. The smallest absolute Gasteiger partial charge is 0.266 e. The van der Waals surface area contributed by atoms with Gasteiger partial charge in [0.15, 0.2) is 0 Å². The van der Waals surface area contributed by atoms with Crippen LogP contribution in [0.15, 0.2) is 71.0 Å². The molecule has 11 heteroatoms. The van der Waals surface area contributed by atoms with Crippen LogP contribution in [0.1, 0.15) is 58.3 Å². The van der Waals surface area contributed by atoms with E-state index in [9.17, 15) is 4.79 Å². The molecule has 10 nitrogen and oxygen atoms in total. The number of carbonyl (C=O) groups excluding carboxylic acids is 1. The second-order valence-corrected chi connectivity index (χ2v) is 10.9. The number of imidazole rings is 1. The minimum absolute atomic E-state index is 0.0459. The molecule has 1 fully saturated rings. The number of nitrogens with two attached hydrogens (primary N) is 1. The Morgan fingerprint density at radius 2 is 2.05 bits per heavy atom. The van der Waals surface area contributed by atoms with Gasteiger partial charge >= 0.3 is 0 Å². The molecule has 0 aliphatic carbocycles. The summed E-state index contributed by atoms with van der Waals surface area (Å²) < 4.78 is 7.81. The zero-order valence-corrected chi connectivity index (χ0v) is 22.5. The van der Waals surface area contributed by atoms with Gasteiger partial charge in [-0.25, -0.2) is 15.0 Å². The average Bonchev–Trinajstić information content (AvgIpc) is 3.74. The number of nitrogens with zero attached hydrogens (tertiary/aromatic N) is 7. The van der Waals surface area contributed by atoms with E-state index in [1.165, 1.54) is 0 Å². The molecule has 0 bridgehead atoms. The van der Waals surface area contributed by atoms with E-state index < -0.39 is 5.54 Å². The quantitative estimate of drug-likeness (QED) is 0.320. The standard InChI is InChI=1S/C28H28N8O2S/c1-18-16-39-25(31-18)22-9-6-11-36(22)26(37)20-13-21(32-23(14-20)35-12-10-30-17-35)24-33-34-27(38-24)28(2,29)15-19-7-4-3-5-8-19/h3-5,7-8,10,12-14,16-17,22H,6,9,11,15,29H2,1-2H3/t22-,28+/m1/s1. The first-order valence-electron chi connectivity index (χ1n) is 12.8. The van der Waals surface area contributed by atoms with Gasteiger partial charge in [-0.3, -0.25) is 9.36 Å². The number of hydrogen-bond donors (Lipinski definition) is 1. The average molecular weight is 541 g/mol. The van der Waals surface area contributed by atoms with Crippen molar-refractivity contribution in [3.8, 4) is 17.4 Å². The highest BCUT2D eigenvalue weighted by atomic mass is 32.1. The third-order valence-corrected chi connectivity index (χ3v) is 7.87. The summed E-state index contributed by atoms with van der Waals surface area (Å²) in [6.07, 6.45) is 7.39. The molecule has 2 N–H and O–H groups in total. The SMILES string of the molecule is Cc1csc([C@H]2CCCN2C(=O)c2cc(-c3nnc([C@@](C)(N)Cc4ccccc4)o3)nc(-n3ccnc3)c2)n1. The Labute approximate surface area is 229 Å². The van der Waals surface area contributed by atoms with E-state index in [0.29, 0.717) is 35.9 Å². The van der Waals surface area contributed by atoms with Gasteiger partial charge in [-0.2, -0.15) is 0 Å². The number of benzene rings is 1. The van der Waals surface area contributed by atoms with Gasteiger partial charge in [0.25, 0.3) is 11.8 Å². The number of thiazole rings is 1. The Balaban J connectivity index is 1.35. The summed E-state index contributed by atoms with van der Waals surface area (Å²) in [5.74, 6) is 0.915. The summed E-state index contributed by atoms with van der Waals surface area (Å²) in [5, 5.41) is 11.5. The summed E-state index contributed by atoms with van der Waals surface area (Å²) in [5.41, 5.74) is 8.61. The number of pyridine rings is 1. The lowest BCUT2D eigenvalue weighted by Gasteiger charge is -2.23. The lowest BCUT2D eigenvalue weighted by atomic mass is 9.94. The Morgan fingerprint density at radius 3 is 2.79 bits per heavy atom. The van der Waals surface area contributed by atoms with Crippen molar-refractivity contribution in [3.63, 3.8) is 0 Å². The highest BCUT2D eigenvalue weighted by Crippen LogP contribution is 2.35. The van der Waals surface area contributed by atoms with Crippen LogP contribution in [0.3, 0.4) is 0 Å². The number of rotatable bonds is 7. The number of hydrogen-bond acceptors (Lipinski definition) is 9. The topological polar surface area (TPSA) is 129 Å². The van der Waals surface area contributed by atoms with Crippen LogP contribution < -0.4 is 5.73 Å². The van der Waals surface area contributed by atoms with E-state index in [1.807, 2.05) is 54.5 Å². The van der Waals surface area contributed by atoms with Crippen LogP contribution in [0.25, 0.3) is 17.4 Å². The normalized spacial score (nSPS) is 16.9. The summed E-state index contributed by atoms with van der Waals surface area (Å²) in [6.45, 7) is 4.49. The molecule has 5 aromatic rings. The minimum Gasteiger partial charge on any atom is -0.417 e. The van der Waals surface area contributed by atoms with Crippen molar-refractivity contribution in [3.05, 3.63) is 94.3 Å². The molecule has 6 rings (SSSR count). The third-order valence-electron chi connectivity index (χ3n) is 6.81. The first kappa shape index (κ1) is 25.1. The molecule has 5 heterocycles. The first-order valence-corrected chi connectivity index (χ1v) is 13.7. The van der Waals surface area contributed by atoms with Crippen molar-refractivity contribution in [2.24, 2.45) is 5.73 Å². The van der Waals surface area contributed by atoms with Crippen LogP contribution in [0, 0.1) is 6.92 Å². The molecule has 0 spiro atoms. The van der Waals surface area contributed by atoms with E-state index in [-0.39, 0.29) is 17.8 Å². The van der Waals surface area contributed by atoms with Gasteiger partial charge in [0.05, 0.1) is 11.6 Å². The number of aryl methyl sites for hydroxylation is 1. The monoisotopic (exact) mass is 540 g/mol. The van der Waals surface area contributed by atoms with E-state index >= 15 is 0 Å². The van der Waals surface area contributed by atoms with Crippen LogP contribution >= 0.6 is 11.3 Å². The molecular formula is C28H28N8O2S. The van der Waals surface area contributed by atoms with Crippen molar-refractivity contribution in [2.45, 2.75) is 44.7 Å². The number of aromatic nitrogens is 6. The van der Waals surface area contributed by atoms with E-state index in [2.05, 4.69) is 20.2 Å². The van der Waals surface area contributed by atoms with Gasteiger partial charge in [-0.05, 0) is 50.8 Å². The molecule has 1 aliphatic heterocycles. The first-order chi connectivity index (χ1) is 18.9. The largest absolute Gasteiger partial charge is 0.417 e. The van der Waals surface area contributed by atoms with Crippen LogP contribution in [0.5, 0.6) is 0 Å². The predicted octanol–water partition coefficient (Wildman–Crippen LogP) is 4.48. The Hall–Kier alpha value is -4.22. The van der Waals surface area contributed by atoms with Gasteiger partial charge in [0.1, 0.15) is 22.8 Å². The Kier molecular flexibility index (Phi) is 6.53. The highest BCUT2D eigenvalue weighted by Gasteiger charge is 2.34. The molecule has 1 aliphatic rings. The maximum absolute atomic E-state index is 13.9.